The average Bonchev–Trinajstić information content (AvgIpc) is 3.02. The molecule has 3 aromatic rings. The number of aryl methyl sites for hydroxylation is 3. The van der Waals surface area contributed by atoms with Crippen molar-refractivity contribution in [3.8, 4) is 17.0 Å². The molecule has 0 radical (unpaired) electrons. The van der Waals surface area contributed by atoms with Crippen molar-refractivity contribution in [3.63, 3.8) is 0 Å². The van der Waals surface area contributed by atoms with Crippen LogP contribution in [0.25, 0.3) is 11.3 Å². The molecule has 134 valence electrons. The van der Waals surface area contributed by atoms with Gasteiger partial charge >= 0.3 is 0 Å². The first-order valence-electron chi connectivity index (χ1n) is 8.38. The van der Waals surface area contributed by atoms with Gasteiger partial charge in [-0.1, -0.05) is 35.9 Å². The molecule has 0 saturated heterocycles. The van der Waals surface area contributed by atoms with E-state index in [4.69, 9.17) is 9.37 Å². The Morgan fingerprint density at radius 2 is 1.65 bits per heavy atom. The van der Waals surface area contributed by atoms with E-state index in [1.165, 1.54) is 0 Å². The van der Waals surface area contributed by atoms with Gasteiger partial charge in [-0.15, -0.1) is 0 Å². The Kier molecular flexibility index (Phi) is 5.02. The van der Waals surface area contributed by atoms with Crippen LogP contribution in [0.5, 0.6) is 5.75 Å². The average molecular weight is 351 g/mol. The van der Waals surface area contributed by atoms with E-state index in [0.717, 1.165) is 22.3 Å². The first-order chi connectivity index (χ1) is 12.4. The Morgan fingerprint density at radius 3 is 2.31 bits per heavy atom. The number of aromatic nitrogens is 2. The zero-order valence-corrected chi connectivity index (χ0v) is 15.2. The Balaban J connectivity index is 1.72. The van der Waals surface area contributed by atoms with Crippen LogP contribution in [0, 0.1) is 20.8 Å². The van der Waals surface area contributed by atoms with Gasteiger partial charge in [-0.2, -0.15) is 0 Å². The highest BCUT2D eigenvalue weighted by molar-refractivity contribution is 5.95. The zero-order valence-electron chi connectivity index (χ0n) is 15.2. The van der Waals surface area contributed by atoms with Crippen LogP contribution in [0.3, 0.4) is 0 Å². The molecule has 2 aromatic carbocycles. The molecule has 6 nitrogen and oxygen atoms in total. The quantitative estimate of drug-likeness (QED) is 0.750. The minimum atomic E-state index is -0.696. The van der Waals surface area contributed by atoms with Crippen molar-refractivity contribution in [2.24, 2.45) is 0 Å². The summed E-state index contributed by atoms with van der Waals surface area (Å²) in [6.07, 6.45) is -0.696. The number of ether oxygens (including phenoxy) is 1. The van der Waals surface area contributed by atoms with Crippen LogP contribution in [-0.2, 0) is 4.79 Å². The third-order valence-corrected chi connectivity index (χ3v) is 3.93. The first kappa shape index (κ1) is 17.7. The highest BCUT2D eigenvalue weighted by Crippen LogP contribution is 2.25. The summed E-state index contributed by atoms with van der Waals surface area (Å²) in [5.74, 6) is 0.602. The lowest BCUT2D eigenvalue weighted by Gasteiger charge is -2.15. The largest absolute Gasteiger partial charge is 0.481 e. The summed E-state index contributed by atoms with van der Waals surface area (Å²) in [5.41, 5.74) is 4.59. The summed E-state index contributed by atoms with van der Waals surface area (Å²) in [7, 11) is 0. The van der Waals surface area contributed by atoms with Crippen LogP contribution in [0.1, 0.15) is 23.6 Å². The van der Waals surface area contributed by atoms with Gasteiger partial charge in [-0.25, -0.2) is 4.63 Å². The Bertz CT molecular complexity index is 896. The second-order valence-corrected chi connectivity index (χ2v) is 6.40. The predicted octanol–water partition coefficient (Wildman–Crippen LogP) is 4.07. The van der Waals surface area contributed by atoms with Gasteiger partial charge < -0.3 is 10.1 Å². The maximum atomic E-state index is 12.5. The standard InChI is InChI=1S/C20H21N3O3/c1-12-5-7-16(8-6-12)18-19(23-26-22-18)21-20(24)15(4)25-17-10-13(2)9-14(3)11-17/h5-11,15H,1-4H3,(H,21,23,24). The number of amides is 1. The van der Waals surface area contributed by atoms with Crippen LogP contribution in [0.2, 0.25) is 0 Å². The lowest BCUT2D eigenvalue weighted by atomic mass is 10.1. The molecule has 1 atom stereocenters. The van der Waals surface area contributed by atoms with Gasteiger partial charge in [-0.3, -0.25) is 4.79 Å². The van der Waals surface area contributed by atoms with E-state index in [-0.39, 0.29) is 11.7 Å². The fourth-order valence-corrected chi connectivity index (χ4v) is 2.65. The predicted molar refractivity (Wildman–Crippen MR) is 99.1 cm³/mol. The van der Waals surface area contributed by atoms with Crippen LogP contribution < -0.4 is 10.1 Å². The molecule has 0 aliphatic rings. The van der Waals surface area contributed by atoms with Crippen LogP contribution >= 0.6 is 0 Å². The van der Waals surface area contributed by atoms with Crippen molar-refractivity contribution in [1.29, 1.82) is 0 Å². The maximum absolute atomic E-state index is 12.5. The molecule has 1 heterocycles. The van der Waals surface area contributed by atoms with Crippen molar-refractivity contribution in [2.75, 3.05) is 5.32 Å². The van der Waals surface area contributed by atoms with Crippen molar-refractivity contribution >= 4 is 11.7 Å². The molecule has 0 aliphatic carbocycles. The molecule has 1 N–H and O–H groups in total. The van der Waals surface area contributed by atoms with Gasteiger partial charge in [0.05, 0.1) is 0 Å². The number of benzene rings is 2. The smallest absolute Gasteiger partial charge is 0.266 e. The summed E-state index contributed by atoms with van der Waals surface area (Å²) in [6.45, 7) is 7.66. The van der Waals surface area contributed by atoms with Gasteiger partial charge in [0.2, 0.25) is 5.82 Å². The number of nitrogens with zero attached hydrogens (tertiary/aromatic N) is 2. The summed E-state index contributed by atoms with van der Waals surface area (Å²) < 4.78 is 10.6. The van der Waals surface area contributed by atoms with E-state index < -0.39 is 6.10 Å². The Hall–Kier alpha value is -3.15. The zero-order chi connectivity index (χ0) is 18.7. The van der Waals surface area contributed by atoms with Crippen molar-refractivity contribution in [3.05, 3.63) is 59.2 Å². The highest BCUT2D eigenvalue weighted by Gasteiger charge is 2.20. The second kappa shape index (κ2) is 7.39. The molecular formula is C20H21N3O3. The number of rotatable bonds is 5. The fourth-order valence-electron chi connectivity index (χ4n) is 2.65. The Morgan fingerprint density at radius 1 is 1.00 bits per heavy atom. The third kappa shape index (κ3) is 4.08. The van der Waals surface area contributed by atoms with E-state index in [2.05, 4.69) is 15.6 Å². The molecule has 26 heavy (non-hydrogen) atoms. The first-order valence-corrected chi connectivity index (χ1v) is 8.38. The van der Waals surface area contributed by atoms with E-state index >= 15 is 0 Å². The lowest BCUT2D eigenvalue weighted by molar-refractivity contribution is -0.122. The van der Waals surface area contributed by atoms with Crippen molar-refractivity contribution in [2.45, 2.75) is 33.8 Å². The summed E-state index contributed by atoms with van der Waals surface area (Å²) in [6, 6.07) is 13.6. The number of hydrogen-bond acceptors (Lipinski definition) is 5. The third-order valence-electron chi connectivity index (χ3n) is 3.93. The lowest BCUT2D eigenvalue weighted by Crippen LogP contribution is -2.30. The summed E-state index contributed by atoms with van der Waals surface area (Å²) in [5, 5.41) is 10.4. The van der Waals surface area contributed by atoms with Gasteiger partial charge in [0, 0.05) is 5.56 Å². The van der Waals surface area contributed by atoms with E-state index in [0.29, 0.717) is 11.4 Å². The monoisotopic (exact) mass is 351 g/mol. The van der Waals surface area contributed by atoms with Gasteiger partial charge in [0.1, 0.15) is 5.75 Å². The molecule has 0 fully saturated rings. The number of anilines is 1. The normalized spacial score (nSPS) is 11.8. The molecule has 3 rings (SSSR count). The number of hydrogen-bond donors (Lipinski definition) is 1. The van der Waals surface area contributed by atoms with Gasteiger partial charge in [0.15, 0.2) is 11.8 Å². The van der Waals surface area contributed by atoms with Gasteiger partial charge in [-0.05, 0) is 61.3 Å². The number of nitrogens with one attached hydrogen (secondary N) is 1. The second-order valence-electron chi connectivity index (χ2n) is 6.40. The summed E-state index contributed by atoms with van der Waals surface area (Å²) >= 11 is 0. The van der Waals surface area contributed by atoms with Crippen LogP contribution in [0.15, 0.2) is 47.1 Å². The fraction of sp³-hybridized carbons (Fsp3) is 0.250. The number of carbonyl (C=O) groups is 1. The van der Waals surface area contributed by atoms with Crippen molar-refractivity contribution < 1.29 is 14.2 Å². The van der Waals surface area contributed by atoms with Crippen LogP contribution in [0.4, 0.5) is 5.82 Å². The minimum absolute atomic E-state index is 0.273. The minimum Gasteiger partial charge on any atom is -0.481 e. The maximum Gasteiger partial charge on any atom is 0.266 e. The SMILES string of the molecule is Cc1ccc(-c2nonc2NC(=O)C(C)Oc2cc(C)cc(C)c2)cc1. The van der Waals surface area contributed by atoms with Crippen LogP contribution in [-0.4, -0.2) is 22.3 Å². The molecule has 0 saturated carbocycles. The van der Waals surface area contributed by atoms with E-state index in [1.54, 1.807) is 6.92 Å². The van der Waals surface area contributed by atoms with E-state index in [1.807, 2.05) is 63.2 Å². The number of carbonyl (C=O) groups excluding carboxylic acids is 1. The highest BCUT2D eigenvalue weighted by atomic mass is 16.6. The molecule has 1 unspecified atom stereocenters. The Labute approximate surface area is 152 Å². The topological polar surface area (TPSA) is 77.3 Å². The molecule has 0 spiro atoms. The molecule has 6 heteroatoms. The molecule has 1 amide bonds. The van der Waals surface area contributed by atoms with Gasteiger partial charge in [0.25, 0.3) is 5.91 Å². The van der Waals surface area contributed by atoms with Crippen molar-refractivity contribution in [1.82, 2.24) is 10.3 Å². The summed E-state index contributed by atoms with van der Waals surface area (Å²) in [4.78, 5) is 12.5. The molecular weight excluding hydrogens is 330 g/mol. The van der Waals surface area contributed by atoms with E-state index in [9.17, 15) is 4.79 Å². The molecule has 1 aromatic heterocycles. The molecule has 0 bridgehead atoms. The molecule has 0 aliphatic heterocycles.